The van der Waals surface area contributed by atoms with E-state index in [-0.39, 0.29) is 23.1 Å². The number of benzene rings is 1. The third-order valence-corrected chi connectivity index (χ3v) is 6.50. The van der Waals surface area contributed by atoms with Crippen LogP contribution in [0.3, 0.4) is 0 Å². The van der Waals surface area contributed by atoms with E-state index in [1.54, 1.807) is 24.9 Å². The van der Waals surface area contributed by atoms with E-state index in [0.717, 1.165) is 12.8 Å². The molecule has 0 saturated carbocycles. The zero-order chi connectivity index (χ0) is 20.6. The lowest BCUT2D eigenvalue weighted by molar-refractivity contribution is 0.0529. The number of aromatic nitrogens is 3. The second kappa shape index (κ2) is 7.44. The SMILES string of the molecule is O=C(c1cn[nH]c1)N1CCC2(CC1)CN(C(=O)c1ccccc1)CC2c1ncco1. The summed E-state index contributed by atoms with van der Waals surface area (Å²) in [5.41, 5.74) is 1.11. The number of amides is 2. The molecule has 2 amide bonds. The minimum absolute atomic E-state index is 0.0125. The Morgan fingerprint density at radius 1 is 1.07 bits per heavy atom. The molecule has 8 nitrogen and oxygen atoms in total. The molecule has 1 N–H and O–H groups in total. The van der Waals surface area contributed by atoms with Gasteiger partial charge in [-0.25, -0.2) is 4.98 Å². The number of carbonyl (C=O) groups excluding carboxylic acids is 2. The van der Waals surface area contributed by atoms with E-state index in [1.807, 2.05) is 40.1 Å². The Kier molecular flexibility index (Phi) is 4.61. The predicted octanol–water partition coefficient (Wildman–Crippen LogP) is 2.56. The summed E-state index contributed by atoms with van der Waals surface area (Å²) in [6.07, 6.45) is 8.01. The van der Waals surface area contributed by atoms with Gasteiger partial charge in [0.05, 0.1) is 23.9 Å². The fourth-order valence-corrected chi connectivity index (χ4v) is 4.85. The van der Waals surface area contributed by atoms with Crippen LogP contribution in [0.15, 0.2) is 59.6 Å². The average molecular weight is 405 g/mol. The number of hydrogen-bond donors (Lipinski definition) is 1. The van der Waals surface area contributed by atoms with Gasteiger partial charge in [0.15, 0.2) is 5.89 Å². The highest BCUT2D eigenvalue weighted by Crippen LogP contribution is 2.49. The van der Waals surface area contributed by atoms with Crippen molar-refractivity contribution >= 4 is 11.8 Å². The molecule has 0 bridgehead atoms. The van der Waals surface area contributed by atoms with Crippen molar-refractivity contribution in [1.82, 2.24) is 25.0 Å². The Bertz CT molecular complexity index is 1010. The molecule has 2 aliphatic rings. The van der Waals surface area contributed by atoms with Crippen LogP contribution in [-0.2, 0) is 0 Å². The monoisotopic (exact) mass is 405 g/mol. The minimum atomic E-state index is -0.150. The van der Waals surface area contributed by atoms with E-state index in [9.17, 15) is 9.59 Å². The molecule has 3 aromatic rings. The number of piperidine rings is 1. The topological polar surface area (TPSA) is 95.3 Å². The van der Waals surface area contributed by atoms with Crippen molar-refractivity contribution in [3.63, 3.8) is 0 Å². The van der Waals surface area contributed by atoms with Gasteiger partial charge in [-0.3, -0.25) is 14.7 Å². The maximum absolute atomic E-state index is 13.1. The average Bonchev–Trinajstić information content (AvgIpc) is 3.55. The quantitative estimate of drug-likeness (QED) is 0.723. The number of nitrogens with one attached hydrogen (secondary N) is 1. The molecule has 2 saturated heterocycles. The number of rotatable bonds is 3. The summed E-state index contributed by atoms with van der Waals surface area (Å²) in [5, 5.41) is 6.57. The first kappa shape index (κ1) is 18.6. The zero-order valence-electron chi connectivity index (χ0n) is 16.5. The molecule has 1 aromatic carbocycles. The highest BCUT2D eigenvalue weighted by atomic mass is 16.3. The Morgan fingerprint density at radius 2 is 1.83 bits per heavy atom. The highest BCUT2D eigenvalue weighted by Gasteiger charge is 2.52. The number of H-pyrrole nitrogens is 1. The van der Waals surface area contributed by atoms with Gasteiger partial charge in [0.25, 0.3) is 11.8 Å². The van der Waals surface area contributed by atoms with E-state index >= 15 is 0 Å². The van der Waals surface area contributed by atoms with Gasteiger partial charge in [0.1, 0.15) is 6.26 Å². The molecule has 8 heteroatoms. The van der Waals surface area contributed by atoms with E-state index in [0.29, 0.717) is 43.2 Å². The van der Waals surface area contributed by atoms with E-state index in [4.69, 9.17) is 4.42 Å². The largest absolute Gasteiger partial charge is 0.449 e. The van der Waals surface area contributed by atoms with Crippen LogP contribution in [0, 0.1) is 5.41 Å². The maximum Gasteiger partial charge on any atom is 0.257 e. The summed E-state index contributed by atoms with van der Waals surface area (Å²) in [5.74, 6) is 0.710. The van der Waals surface area contributed by atoms with Gasteiger partial charge in [-0.15, -0.1) is 0 Å². The van der Waals surface area contributed by atoms with Crippen LogP contribution in [0.4, 0.5) is 0 Å². The van der Waals surface area contributed by atoms with Crippen molar-refractivity contribution < 1.29 is 14.0 Å². The van der Waals surface area contributed by atoms with E-state index in [1.165, 1.54) is 0 Å². The summed E-state index contributed by atoms with van der Waals surface area (Å²) in [4.78, 5) is 34.0. The number of aromatic amines is 1. The van der Waals surface area contributed by atoms with E-state index < -0.39 is 0 Å². The smallest absolute Gasteiger partial charge is 0.257 e. The van der Waals surface area contributed by atoms with E-state index in [2.05, 4.69) is 15.2 Å². The number of oxazole rings is 1. The number of likely N-dealkylation sites (tertiary alicyclic amines) is 2. The van der Waals surface area contributed by atoms with Crippen LogP contribution in [0.1, 0.15) is 45.4 Å². The molecule has 1 spiro atoms. The molecule has 2 aromatic heterocycles. The lowest BCUT2D eigenvalue weighted by atomic mass is 9.70. The van der Waals surface area contributed by atoms with Crippen LogP contribution in [0.5, 0.6) is 0 Å². The van der Waals surface area contributed by atoms with Crippen LogP contribution >= 0.6 is 0 Å². The van der Waals surface area contributed by atoms with Gasteiger partial charge < -0.3 is 14.2 Å². The summed E-state index contributed by atoms with van der Waals surface area (Å²) in [7, 11) is 0. The first-order valence-electron chi connectivity index (χ1n) is 10.2. The summed E-state index contributed by atoms with van der Waals surface area (Å²) in [6, 6.07) is 9.36. The first-order chi connectivity index (χ1) is 14.7. The second-order valence-corrected chi connectivity index (χ2v) is 8.12. The van der Waals surface area contributed by atoms with Crippen LogP contribution in [0.2, 0.25) is 0 Å². The molecule has 0 radical (unpaired) electrons. The third-order valence-electron chi connectivity index (χ3n) is 6.50. The Labute approximate surface area is 173 Å². The summed E-state index contributed by atoms with van der Waals surface area (Å²) in [6.45, 7) is 2.48. The standard InChI is InChI=1S/C22H23N5O3/c28-20(16-4-2-1-3-5-16)27-14-18(19-23-8-11-30-19)22(15-27)6-9-26(10-7-22)21(29)17-12-24-25-13-17/h1-5,8,11-13,18H,6-7,9-10,14-15H2,(H,24,25). The molecule has 5 rings (SSSR count). The van der Waals surface area contributed by atoms with Crippen LogP contribution < -0.4 is 0 Å². The zero-order valence-corrected chi connectivity index (χ0v) is 16.5. The molecule has 0 aliphatic carbocycles. The fraction of sp³-hybridized carbons (Fsp3) is 0.364. The minimum Gasteiger partial charge on any atom is -0.449 e. The normalized spacial score (nSPS) is 20.6. The Hall–Kier alpha value is -3.42. The van der Waals surface area contributed by atoms with Gasteiger partial charge >= 0.3 is 0 Å². The molecule has 2 aliphatic heterocycles. The van der Waals surface area contributed by atoms with Crippen molar-refractivity contribution in [2.75, 3.05) is 26.2 Å². The van der Waals surface area contributed by atoms with Crippen molar-refractivity contribution in [3.05, 3.63) is 72.2 Å². The van der Waals surface area contributed by atoms with Crippen LogP contribution in [0.25, 0.3) is 0 Å². The molecule has 154 valence electrons. The summed E-state index contributed by atoms with van der Waals surface area (Å²) >= 11 is 0. The molecular formula is C22H23N5O3. The van der Waals surface area contributed by atoms with Crippen molar-refractivity contribution in [3.8, 4) is 0 Å². The second-order valence-electron chi connectivity index (χ2n) is 8.12. The molecule has 30 heavy (non-hydrogen) atoms. The van der Waals surface area contributed by atoms with Gasteiger partial charge in [-0.2, -0.15) is 5.10 Å². The Morgan fingerprint density at radius 3 is 2.50 bits per heavy atom. The highest BCUT2D eigenvalue weighted by molar-refractivity contribution is 5.95. The molecule has 2 fully saturated rings. The van der Waals surface area contributed by atoms with Gasteiger partial charge in [0.2, 0.25) is 0 Å². The van der Waals surface area contributed by atoms with Gasteiger partial charge in [0, 0.05) is 43.4 Å². The van der Waals surface area contributed by atoms with Crippen molar-refractivity contribution in [1.29, 1.82) is 0 Å². The number of hydrogen-bond acceptors (Lipinski definition) is 5. The van der Waals surface area contributed by atoms with Gasteiger partial charge in [-0.05, 0) is 25.0 Å². The lowest BCUT2D eigenvalue weighted by Gasteiger charge is -2.41. The summed E-state index contributed by atoms with van der Waals surface area (Å²) < 4.78 is 5.67. The third kappa shape index (κ3) is 3.18. The molecule has 4 heterocycles. The molecule has 1 atom stereocenters. The fourth-order valence-electron chi connectivity index (χ4n) is 4.85. The van der Waals surface area contributed by atoms with Gasteiger partial charge in [-0.1, -0.05) is 18.2 Å². The predicted molar refractivity (Wildman–Crippen MR) is 108 cm³/mol. The maximum atomic E-state index is 13.1. The molecular weight excluding hydrogens is 382 g/mol. The Balaban J connectivity index is 1.37. The van der Waals surface area contributed by atoms with Crippen LogP contribution in [-0.4, -0.2) is 63.0 Å². The number of carbonyl (C=O) groups is 2. The van der Waals surface area contributed by atoms with Crippen molar-refractivity contribution in [2.24, 2.45) is 5.41 Å². The lowest BCUT2D eigenvalue weighted by Crippen LogP contribution is -2.46. The first-order valence-corrected chi connectivity index (χ1v) is 10.2. The number of nitrogens with zero attached hydrogens (tertiary/aromatic N) is 4. The van der Waals surface area contributed by atoms with Crippen molar-refractivity contribution in [2.45, 2.75) is 18.8 Å². The molecule has 1 unspecified atom stereocenters.